The minimum Gasteiger partial charge on any atom is -0.494 e. The number of carbonyl (C=O) groups excluding carboxylic acids is 1. The third-order valence-electron chi connectivity index (χ3n) is 6.16. The first-order valence-corrected chi connectivity index (χ1v) is 13.0. The molecule has 196 valence electrons. The smallest absolute Gasteiger partial charge is 0.280 e. The van der Waals surface area contributed by atoms with E-state index in [1.165, 1.54) is 0 Å². The second-order valence-electron chi connectivity index (χ2n) is 9.06. The Bertz CT molecular complexity index is 1570. The van der Waals surface area contributed by atoms with Crippen molar-refractivity contribution in [2.75, 3.05) is 6.61 Å². The molecule has 0 aliphatic rings. The van der Waals surface area contributed by atoms with Crippen LogP contribution < -0.4 is 14.9 Å². The highest BCUT2D eigenvalue weighted by Gasteiger charge is 2.16. The predicted octanol–water partition coefficient (Wildman–Crippen LogP) is 6.40. The van der Waals surface area contributed by atoms with E-state index in [1.54, 1.807) is 17.8 Å². The molecular formula is C32H30N4O3. The van der Waals surface area contributed by atoms with E-state index in [-0.39, 0.29) is 5.91 Å². The van der Waals surface area contributed by atoms with E-state index >= 15 is 0 Å². The molecule has 5 aromatic rings. The van der Waals surface area contributed by atoms with E-state index in [4.69, 9.17) is 14.6 Å². The molecule has 1 N–H and O–H groups in total. The van der Waals surface area contributed by atoms with Crippen molar-refractivity contribution in [3.8, 4) is 28.4 Å². The number of benzene rings is 4. The Balaban J connectivity index is 1.34. The summed E-state index contributed by atoms with van der Waals surface area (Å²) in [5.74, 6) is 1.11. The molecule has 7 heteroatoms. The van der Waals surface area contributed by atoms with Crippen molar-refractivity contribution in [2.45, 2.75) is 26.4 Å². The summed E-state index contributed by atoms with van der Waals surface area (Å²) in [7, 11) is 0. The van der Waals surface area contributed by atoms with Gasteiger partial charge in [0.05, 0.1) is 18.5 Å². The summed E-state index contributed by atoms with van der Waals surface area (Å²) in [6.45, 7) is 4.45. The maximum Gasteiger partial charge on any atom is 0.280 e. The number of hydrazone groups is 1. The average Bonchev–Trinajstić information content (AvgIpc) is 3.41. The highest BCUT2D eigenvalue weighted by Crippen LogP contribution is 2.27. The molecule has 0 saturated carbocycles. The lowest BCUT2D eigenvalue weighted by atomic mass is 10.1. The van der Waals surface area contributed by atoms with Gasteiger partial charge in [-0.15, -0.1) is 0 Å². The first-order valence-electron chi connectivity index (χ1n) is 13.0. The highest BCUT2D eigenvalue weighted by atomic mass is 16.5. The number of para-hydroxylation sites is 1. The number of fused-ring (bicyclic) bond motifs is 1. The van der Waals surface area contributed by atoms with E-state index < -0.39 is 6.10 Å². The standard InChI is InChI=1S/C32H30N4O3/c1-3-20-38-28-18-16-25(17-19-28)31-26(22-36(35-31)27-12-5-4-6-13-27)21-33-34-32(37)23(2)39-30-15-9-11-24-10-7-8-14-29(24)30/h4-19,21-23H,3,20H2,1-2H3,(H,34,37). The molecule has 0 radical (unpaired) electrons. The maximum absolute atomic E-state index is 12.8. The summed E-state index contributed by atoms with van der Waals surface area (Å²) >= 11 is 0. The Kier molecular flexibility index (Phi) is 7.98. The molecule has 4 aromatic carbocycles. The zero-order valence-electron chi connectivity index (χ0n) is 22.0. The Morgan fingerprint density at radius 1 is 0.974 bits per heavy atom. The molecule has 1 heterocycles. The van der Waals surface area contributed by atoms with Crippen LogP contribution in [-0.2, 0) is 4.79 Å². The number of nitrogens with zero attached hydrogens (tertiary/aromatic N) is 3. The molecule has 0 saturated heterocycles. The molecule has 1 atom stereocenters. The molecule has 1 aromatic heterocycles. The topological polar surface area (TPSA) is 77.7 Å². The van der Waals surface area contributed by atoms with Gasteiger partial charge in [0, 0.05) is 22.7 Å². The summed E-state index contributed by atoms with van der Waals surface area (Å²) in [4.78, 5) is 12.8. The van der Waals surface area contributed by atoms with Crippen molar-refractivity contribution in [3.05, 3.63) is 109 Å². The zero-order valence-corrected chi connectivity index (χ0v) is 22.0. The maximum atomic E-state index is 12.8. The van der Waals surface area contributed by atoms with E-state index in [9.17, 15) is 4.79 Å². The summed E-state index contributed by atoms with van der Waals surface area (Å²) in [5, 5.41) is 11.0. The molecule has 5 rings (SSSR count). The molecule has 0 aliphatic carbocycles. The summed E-state index contributed by atoms with van der Waals surface area (Å²) in [6.07, 6.45) is 3.69. The van der Waals surface area contributed by atoms with Crippen LogP contribution in [0, 0.1) is 0 Å². The molecule has 0 spiro atoms. The van der Waals surface area contributed by atoms with Crippen LogP contribution in [0.25, 0.3) is 27.7 Å². The third kappa shape index (κ3) is 6.15. The minimum atomic E-state index is -0.741. The fourth-order valence-corrected chi connectivity index (χ4v) is 4.15. The number of hydrogen-bond acceptors (Lipinski definition) is 5. The predicted molar refractivity (Wildman–Crippen MR) is 155 cm³/mol. The van der Waals surface area contributed by atoms with Gasteiger partial charge in [-0.25, -0.2) is 10.1 Å². The van der Waals surface area contributed by atoms with Crippen molar-refractivity contribution in [1.82, 2.24) is 15.2 Å². The second kappa shape index (κ2) is 12.1. The van der Waals surface area contributed by atoms with Gasteiger partial charge >= 0.3 is 0 Å². The van der Waals surface area contributed by atoms with Crippen LogP contribution in [0.15, 0.2) is 108 Å². The van der Waals surface area contributed by atoms with Crippen molar-refractivity contribution in [3.63, 3.8) is 0 Å². The minimum absolute atomic E-state index is 0.353. The van der Waals surface area contributed by atoms with Crippen LogP contribution >= 0.6 is 0 Å². The lowest BCUT2D eigenvalue weighted by Gasteiger charge is -2.14. The van der Waals surface area contributed by atoms with Crippen LogP contribution in [0.2, 0.25) is 0 Å². The third-order valence-corrected chi connectivity index (χ3v) is 6.16. The van der Waals surface area contributed by atoms with E-state index in [1.807, 2.05) is 103 Å². The number of aromatic nitrogens is 2. The van der Waals surface area contributed by atoms with Crippen LogP contribution in [0.5, 0.6) is 11.5 Å². The lowest BCUT2D eigenvalue weighted by Crippen LogP contribution is -2.33. The van der Waals surface area contributed by atoms with Crippen LogP contribution in [0.1, 0.15) is 25.8 Å². The molecule has 7 nitrogen and oxygen atoms in total. The Morgan fingerprint density at radius 3 is 2.51 bits per heavy atom. The number of nitrogens with one attached hydrogen (secondary N) is 1. The molecule has 0 bridgehead atoms. The normalized spacial score (nSPS) is 11.9. The monoisotopic (exact) mass is 518 g/mol. The lowest BCUT2D eigenvalue weighted by molar-refractivity contribution is -0.127. The molecular weight excluding hydrogens is 488 g/mol. The van der Waals surface area contributed by atoms with Gasteiger partial charge in [-0.05, 0) is 61.2 Å². The van der Waals surface area contributed by atoms with Crippen LogP contribution in [0.4, 0.5) is 0 Å². The summed E-state index contributed by atoms with van der Waals surface area (Å²) in [6, 6.07) is 31.3. The van der Waals surface area contributed by atoms with Gasteiger partial charge in [-0.3, -0.25) is 4.79 Å². The van der Waals surface area contributed by atoms with Crippen molar-refractivity contribution in [2.24, 2.45) is 5.10 Å². The van der Waals surface area contributed by atoms with Crippen molar-refractivity contribution < 1.29 is 14.3 Å². The zero-order chi connectivity index (χ0) is 27.0. The highest BCUT2D eigenvalue weighted by molar-refractivity contribution is 5.91. The molecule has 1 unspecified atom stereocenters. The van der Waals surface area contributed by atoms with E-state index in [0.29, 0.717) is 12.4 Å². The largest absolute Gasteiger partial charge is 0.494 e. The second-order valence-corrected chi connectivity index (χ2v) is 9.06. The Hall–Kier alpha value is -4.91. The molecule has 0 aliphatic heterocycles. The fourth-order valence-electron chi connectivity index (χ4n) is 4.15. The Labute approximate surface area is 227 Å². The fraction of sp³-hybridized carbons (Fsp3) is 0.156. The van der Waals surface area contributed by atoms with Gasteiger partial charge in [-0.2, -0.15) is 10.2 Å². The van der Waals surface area contributed by atoms with Gasteiger partial charge < -0.3 is 9.47 Å². The number of carbonyl (C=O) groups is 1. The summed E-state index contributed by atoms with van der Waals surface area (Å²) in [5.41, 5.74) is 5.93. The van der Waals surface area contributed by atoms with E-state index in [0.717, 1.165) is 45.5 Å². The van der Waals surface area contributed by atoms with Crippen LogP contribution in [0.3, 0.4) is 0 Å². The average molecular weight is 519 g/mol. The van der Waals surface area contributed by atoms with Crippen LogP contribution in [-0.4, -0.2) is 34.6 Å². The Morgan fingerprint density at radius 2 is 1.72 bits per heavy atom. The molecule has 1 amide bonds. The van der Waals surface area contributed by atoms with Gasteiger partial charge in [0.25, 0.3) is 5.91 Å². The van der Waals surface area contributed by atoms with Crippen molar-refractivity contribution in [1.29, 1.82) is 0 Å². The molecule has 0 fully saturated rings. The first kappa shape index (κ1) is 25.7. The van der Waals surface area contributed by atoms with Gasteiger partial charge in [0.1, 0.15) is 17.2 Å². The van der Waals surface area contributed by atoms with Gasteiger partial charge in [-0.1, -0.05) is 61.5 Å². The van der Waals surface area contributed by atoms with Gasteiger partial charge in [0.15, 0.2) is 6.10 Å². The first-order chi connectivity index (χ1) is 19.1. The number of amides is 1. The van der Waals surface area contributed by atoms with Gasteiger partial charge in [0.2, 0.25) is 0 Å². The SMILES string of the molecule is CCCOc1ccc(-c2nn(-c3ccccc3)cc2C=NNC(=O)C(C)Oc2cccc3ccccc23)cc1. The summed E-state index contributed by atoms with van der Waals surface area (Å²) < 4.78 is 13.5. The van der Waals surface area contributed by atoms with Crippen molar-refractivity contribution >= 4 is 22.9 Å². The quantitative estimate of drug-likeness (QED) is 0.171. The molecule has 39 heavy (non-hydrogen) atoms. The van der Waals surface area contributed by atoms with E-state index in [2.05, 4.69) is 17.5 Å². The number of rotatable bonds is 10. The number of ether oxygens (including phenoxy) is 2. The number of hydrogen-bond donors (Lipinski definition) is 1.